The third kappa shape index (κ3) is 33.4. The largest absolute Gasteiger partial charge is 0.462 e. The van der Waals surface area contributed by atoms with Crippen LogP contribution < -0.4 is 10.6 Å². The van der Waals surface area contributed by atoms with Gasteiger partial charge >= 0.3 is 5.97 Å². The number of nitrogens with zero attached hydrogens (tertiary/aromatic N) is 1. The molecule has 0 fully saturated rings. The van der Waals surface area contributed by atoms with Gasteiger partial charge in [-0.25, -0.2) is 0 Å². The maximum atomic E-state index is 12.8. The molecule has 0 spiro atoms. The second-order valence-electron chi connectivity index (χ2n) is 14.7. The Labute approximate surface area is 314 Å². The van der Waals surface area contributed by atoms with Crippen LogP contribution in [0.3, 0.4) is 0 Å². The average molecular weight is 720 g/mol. The molecule has 0 aromatic carbocycles. The molecule has 0 aliphatic carbocycles. The van der Waals surface area contributed by atoms with E-state index < -0.39 is 0 Å². The lowest BCUT2D eigenvalue weighted by atomic mass is 10.0. The summed E-state index contributed by atoms with van der Waals surface area (Å²) in [6.07, 6.45) is 33.7. The number of esters is 1. The van der Waals surface area contributed by atoms with Crippen LogP contribution in [0.1, 0.15) is 207 Å². The zero-order valence-electron chi connectivity index (χ0n) is 33.8. The summed E-state index contributed by atoms with van der Waals surface area (Å²) in [5.41, 5.74) is 0.498. The number of rotatable bonds is 38. The van der Waals surface area contributed by atoms with Crippen LogP contribution in [-0.2, 0) is 23.9 Å². The van der Waals surface area contributed by atoms with E-state index in [9.17, 15) is 19.2 Å². The first kappa shape index (κ1) is 48.8. The smallest absolute Gasteiger partial charge is 0.306 e. The molecule has 2 N–H and O–H groups in total. The molecule has 0 aliphatic heterocycles. The van der Waals surface area contributed by atoms with Gasteiger partial charge in [-0.2, -0.15) is 0 Å². The molecule has 2 amide bonds. The Morgan fingerprint density at radius 1 is 0.627 bits per heavy atom. The van der Waals surface area contributed by atoms with E-state index in [1.807, 2.05) is 0 Å². The Kier molecular flexibility index (Phi) is 35.9. The number of hydrogen-bond acceptors (Lipinski definition) is 7. The van der Waals surface area contributed by atoms with E-state index in [-0.39, 0.29) is 30.3 Å². The van der Waals surface area contributed by atoms with Crippen molar-refractivity contribution in [2.24, 2.45) is 0 Å². The molecule has 0 saturated heterocycles. The van der Waals surface area contributed by atoms with Crippen LogP contribution in [0.2, 0.25) is 0 Å². The number of nitrogens with one attached hydrogen (secondary N) is 2. The third-order valence-corrected chi connectivity index (χ3v) is 9.76. The van der Waals surface area contributed by atoms with E-state index >= 15 is 0 Å². The molecule has 0 bridgehead atoms. The van der Waals surface area contributed by atoms with Crippen molar-refractivity contribution in [2.75, 3.05) is 26.2 Å². The number of carbonyl (C=O) groups is 4. The highest BCUT2D eigenvalue weighted by Gasteiger charge is 2.14. The van der Waals surface area contributed by atoms with E-state index in [0.717, 1.165) is 90.3 Å². The zero-order chi connectivity index (χ0) is 37.6. The second-order valence-corrected chi connectivity index (χ2v) is 14.7. The van der Waals surface area contributed by atoms with Crippen LogP contribution in [-0.4, -0.2) is 61.3 Å². The minimum Gasteiger partial charge on any atom is -0.462 e. The Balaban J connectivity index is 4.50. The maximum Gasteiger partial charge on any atom is 0.306 e. The van der Waals surface area contributed by atoms with Crippen LogP contribution in [0.5, 0.6) is 0 Å². The molecule has 8 heteroatoms. The molecular weight excluding hydrogens is 638 g/mol. The van der Waals surface area contributed by atoms with Crippen molar-refractivity contribution in [1.82, 2.24) is 15.5 Å². The van der Waals surface area contributed by atoms with E-state index in [4.69, 9.17) is 4.74 Å². The highest BCUT2D eigenvalue weighted by Crippen LogP contribution is 2.18. The van der Waals surface area contributed by atoms with E-state index in [2.05, 4.69) is 29.4 Å². The van der Waals surface area contributed by atoms with Crippen molar-refractivity contribution in [1.29, 1.82) is 0 Å². The summed E-state index contributed by atoms with van der Waals surface area (Å²) >= 11 is 0. The molecule has 0 radical (unpaired) electrons. The molecule has 0 saturated carbocycles. The lowest BCUT2D eigenvalue weighted by molar-refractivity contribution is -0.150. The van der Waals surface area contributed by atoms with Gasteiger partial charge in [-0.05, 0) is 84.3 Å². The summed E-state index contributed by atoms with van der Waals surface area (Å²) in [4.78, 5) is 49.4. The van der Waals surface area contributed by atoms with Gasteiger partial charge in [0.05, 0.1) is 0 Å². The van der Waals surface area contributed by atoms with Gasteiger partial charge in [-0.1, -0.05) is 124 Å². The minimum atomic E-state index is -0.350. The topological polar surface area (TPSA) is 105 Å². The number of carbonyl (C=O) groups excluding carboxylic acids is 4. The monoisotopic (exact) mass is 720 g/mol. The van der Waals surface area contributed by atoms with Crippen LogP contribution >= 0.6 is 0 Å². The fraction of sp³-hybridized carbons (Fsp3) is 0.860. The second kappa shape index (κ2) is 37.5. The predicted molar refractivity (Wildman–Crippen MR) is 214 cm³/mol. The summed E-state index contributed by atoms with van der Waals surface area (Å²) in [6, 6.07) is 0. The summed E-state index contributed by atoms with van der Waals surface area (Å²) in [6.45, 7) is 11.9. The van der Waals surface area contributed by atoms with Crippen LogP contribution in [0.4, 0.5) is 0 Å². The highest BCUT2D eigenvalue weighted by molar-refractivity contribution is 6.03. The third-order valence-electron chi connectivity index (χ3n) is 9.76. The molecular formula is C43H81N3O5. The summed E-state index contributed by atoms with van der Waals surface area (Å²) in [5.74, 6) is -0.615. The number of unbranched alkanes of at least 4 members (excludes halogenated alkanes) is 19. The van der Waals surface area contributed by atoms with Crippen molar-refractivity contribution in [3.05, 3.63) is 11.8 Å². The summed E-state index contributed by atoms with van der Waals surface area (Å²) in [7, 11) is 0. The molecule has 0 rings (SSSR count). The van der Waals surface area contributed by atoms with Gasteiger partial charge in [0.25, 0.3) is 5.91 Å². The van der Waals surface area contributed by atoms with Gasteiger partial charge < -0.3 is 19.7 Å². The summed E-state index contributed by atoms with van der Waals surface area (Å²) in [5, 5.41) is 5.61. The Bertz CT molecular complexity index is 862. The van der Waals surface area contributed by atoms with Crippen molar-refractivity contribution in [2.45, 2.75) is 214 Å². The Morgan fingerprint density at radius 2 is 1.12 bits per heavy atom. The molecule has 0 unspecified atom stereocenters. The van der Waals surface area contributed by atoms with E-state index in [0.29, 0.717) is 18.4 Å². The van der Waals surface area contributed by atoms with Crippen molar-refractivity contribution >= 4 is 24.1 Å². The number of aldehydes is 1. The lowest BCUT2D eigenvalue weighted by Gasteiger charge is -2.22. The van der Waals surface area contributed by atoms with Gasteiger partial charge in [-0.15, -0.1) is 0 Å². The lowest BCUT2D eigenvalue weighted by Crippen LogP contribution is -2.31. The van der Waals surface area contributed by atoms with Crippen LogP contribution in [0, 0.1) is 0 Å². The quantitative estimate of drug-likeness (QED) is 0.0283. The first-order valence-corrected chi connectivity index (χ1v) is 21.5. The standard InChI is InChI=1S/C43H81N3O5/c1-5-8-10-12-17-23-30-40(31-24-18-13-11-9-6-2)51-42(49)32-25-19-16-21-27-35-46(34-26-20-14-15-22-28-37-47)36-29-33-44-38-39(4)43(50)45-41(48)7-3/h37-38,40,44H,5-36H2,1-4H3,(H,45,48,50)/b39-38+. The molecule has 0 aromatic heterocycles. The van der Waals surface area contributed by atoms with E-state index in [1.54, 1.807) is 20.0 Å². The fourth-order valence-corrected chi connectivity index (χ4v) is 6.38. The highest BCUT2D eigenvalue weighted by atomic mass is 16.5. The van der Waals surface area contributed by atoms with Crippen LogP contribution in [0.25, 0.3) is 0 Å². The molecule has 8 nitrogen and oxygen atoms in total. The molecule has 0 aromatic rings. The molecule has 298 valence electrons. The number of hydrogen-bond donors (Lipinski definition) is 2. The van der Waals surface area contributed by atoms with Gasteiger partial charge in [-0.3, -0.25) is 19.7 Å². The summed E-state index contributed by atoms with van der Waals surface area (Å²) < 4.78 is 6.04. The average Bonchev–Trinajstić information content (AvgIpc) is 3.12. The Morgan fingerprint density at radius 3 is 1.67 bits per heavy atom. The molecule has 0 atom stereocenters. The van der Waals surface area contributed by atoms with Gasteiger partial charge in [0.1, 0.15) is 12.4 Å². The van der Waals surface area contributed by atoms with Crippen molar-refractivity contribution < 1.29 is 23.9 Å². The van der Waals surface area contributed by atoms with Crippen LogP contribution in [0.15, 0.2) is 11.8 Å². The molecule has 0 aliphatic rings. The fourth-order valence-electron chi connectivity index (χ4n) is 6.38. The van der Waals surface area contributed by atoms with Gasteiger partial charge in [0.2, 0.25) is 5.91 Å². The van der Waals surface area contributed by atoms with E-state index in [1.165, 1.54) is 103 Å². The van der Waals surface area contributed by atoms with Crippen molar-refractivity contribution in [3.63, 3.8) is 0 Å². The maximum absolute atomic E-state index is 12.8. The minimum absolute atomic E-state index is 0.00280. The molecule has 51 heavy (non-hydrogen) atoms. The first-order valence-electron chi connectivity index (χ1n) is 21.5. The van der Waals surface area contributed by atoms with Gasteiger partial charge in [0.15, 0.2) is 0 Å². The first-order chi connectivity index (χ1) is 24.9. The van der Waals surface area contributed by atoms with Gasteiger partial charge in [0, 0.05) is 37.6 Å². The van der Waals surface area contributed by atoms with Crippen molar-refractivity contribution in [3.8, 4) is 0 Å². The number of imide groups is 1. The predicted octanol–water partition coefficient (Wildman–Crippen LogP) is 10.5. The number of ether oxygens (including phenoxy) is 1. The molecule has 0 heterocycles. The zero-order valence-corrected chi connectivity index (χ0v) is 33.8. The SMILES string of the molecule is CCCCCCCCC(CCCCCCCC)OC(=O)CCCCCCCN(CCCCCCCC=O)CCCN/C=C(\C)C(=O)NC(=O)CC. The Hall–Kier alpha value is -2.22. The normalized spacial score (nSPS) is 11.7. The number of amides is 2.